The summed E-state index contributed by atoms with van der Waals surface area (Å²) in [6.45, 7) is 2.25. The van der Waals surface area contributed by atoms with E-state index >= 15 is 0 Å². The van der Waals surface area contributed by atoms with Crippen molar-refractivity contribution in [3.05, 3.63) is 44.6 Å². The molecule has 0 fully saturated rings. The fourth-order valence-electron chi connectivity index (χ4n) is 2.09. The minimum atomic E-state index is -1.00. The zero-order chi connectivity index (χ0) is 15.0. The SMILES string of the molecule is Cc1csc2c(N(Cc3cccs3)C(=O)O)cc(Cl)nc12. The van der Waals surface area contributed by atoms with Crippen molar-refractivity contribution in [2.75, 3.05) is 4.90 Å². The van der Waals surface area contributed by atoms with E-state index in [0.29, 0.717) is 17.4 Å². The van der Waals surface area contributed by atoms with Crippen LogP contribution >= 0.6 is 34.3 Å². The number of hydrogen-bond acceptors (Lipinski definition) is 4. The van der Waals surface area contributed by atoms with Crippen LogP contribution in [0.3, 0.4) is 0 Å². The topological polar surface area (TPSA) is 53.4 Å². The predicted octanol–water partition coefficient (Wildman–Crippen LogP) is 5.00. The Kier molecular flexibility index (Phi) is 3.84. The highest BCUT2D eigenvalue weighted by molar-refractivity contribution is 7.18. The fourth-order valence-corrected chi connectivity index (χ4v) is 3.99. The molecule has 0 saturated carbocycles. The molecule has 1 amide bonds. The van der Waals surface area contributed by atoms with Crippen LogP contribution in [0.4, 0.5) is 10.5 Å². The Bertz CT molecular complexity index is 799. The molecule has 0 aliphatic heterocycles. The molecule has 0 aliphatic carbocycles. The van der Waals surface area contributed by atoms with Crippen molar-refractivity contribution in [2.24, 2.45) is 0 Å². The minimum Gasteiger partial charge on any atom is -0.465 e. The van der Waals surface area contributed by atoms with Crippen LogP contribution in [0.25, 0.3) is 10.2 Å². The molecule has 0 aromatic carbocycles. The lowest BCUT2D eigenvalue weighted by molar-refractivity contribution is 0.201. The highest BCUT2D eigenvalue weighted by Gasteiger charge is 2.21. The van der Waals surface area contributed by atoms with E-state index in [4.69, 9.17) is 11.6 Å². The average Bonchev–Trinajstić information content (AvgIpc) is 3.06. The van der Waals surface area contributed by atoms with Crippen LogP contribution in [0.1, 0.15) is 10.4 Å². The molecule has 0 unspecified atom stereocenters. The van der Waals surface area contributed by atoms with E-state index in [1.165, 1.54) is 27.6 Å². The Morgan fingerprint density at radius 3 is 2.95 bits per heavy atom. The molecule has 0 radical (unpaired) electrons. The zero-order valence-electron chi connectivity index (χ0n) is 11.0. The molecular weight excluding hydrogens is 328 g/mol. The highest BCUT2D eigenvalue weighted by Crippen LogP contribution is 2.36. The van der Waals surface area contributed by atoms with Gasteiger partial charge in [0.1, 0.15) is 5.15 Å². The van der Waals surface area contributed by atoms with E-state index in [2.05, 4.69) is 4.98 Å². The molecule has 0 saturated heterocycles. The van der Waals surface area contributed by atoms with Gasteiger partial charge in [0.2, 0.25) is 0 Å². The summed E-state index contributed by atoms with van der Waals surface area (Å²) in [5.41, 5.74) is 2.35. The Morgan fingerprint density at radius 1 is 1.48 bits per heavy atom. The maximum Gasteiger partial charge on any atom is 0.412 e. The first-order valence-electron chi connectivity index (χ1n) is 6.13. The normalized spacial score (nSPS) is 11.0. The van der Waals surface area contributed by atoms with Crippen molar-refractivity contribution in [1.29, 1.82) is 0 Å². The number of carbonyl (C=O) groups is 1. The lowest BCUT2D eigenvalue weighted by atomic mass is 10.2. The van der Waals surface area contributed by atoms with E-state index < -0.39 is 6.09 Å². The van der Waals surface area contributed by atoms with Gasteiger partial charge < -0.3 is 5.11 Å². The molecule has 0 aliphatic rings. The van der Waals surface area contributed by atoms with Crippen LogP contribution in [-0.4, -0.2) is 16.2 Å². The predicted molar refractivity (Wildman–Crippen MR) is 87.9 cm³/mol. The largest absolute Gasteiger partial charge is 0.465 e. The van der Waals surface area contributed by atoms with Gasteiger partial charge in [-0.3, -0.25) is 4.90 Å². The fraction of sp³-hybridized carbons (Fsp3) is 0.143. The van der Waals surface area contributed by atoms with Crippen molar-refractivity contribution in [1.82, 2.24) is 4.98 Å². The van der Waals surface area contributed by atoms with Crippen molar-refractivity contribution >= 4 is 56.3 Å². The number of carboxylic acid groups (broad SMARTS) is 1. The smallest absolute Gasteiger partial charge is 0.412 e. The second-order valence-corrected chi connectivity index (χ2v) is 6.81. The molecule has 108 valence electrons. The lowest BCUT2D eigenvalue weighted by Crippen LogP contribution is -2.28. The summed E-state index contributed by atoms with van der Waals surface area (Å²) in [6.07, 6.45) is -1.00. The van der Waals surface area contributed by atoms with Gasteiger partial charge in [0.15, 0.2) is 0 Å². The van der Waals surface area contributed by atoms with Crippen molar-refractivity contribution in [2.45, 2.75) is 13.5 Å². The summed E-state index contributed by atoms with van der Waals surface area (Å²) in [6, 6.07) is 5.44. The van der Waals surface area contributed by atoms with E-state index in [1.54, 1.807) is 6.07 Å². The molecule has 7 heteroatoms. The Balaban J connectivity index is 2.13. The number of amides is 1. The lowest BCUT2D eigenvalue weighted by Gasteiger charge is -2.19. The van der Waals surface area contributed by atoms with Gasteiger partial charge >= 0.3 is 6.09 Å². The number of thiophene rings is 2. The summed E-state index contributed by atoms with van der Waals surface area (Å²) in [5, 5.41) is 13.7. The molecule has 1 N–H and O–H groups in total. The van der Waals surface area contributed by atoms with Crippen molar-refractivity contribution in [3.63, 3.8) is 0 Å². The van der Waals surface area contributed by atoms with E-state index in [0.717, 1.165) is 20.7 Å². The second-order valence-electron chi connectivity index (χ2n) is 4.51. The third-order valence-corrected chi connectivity index (χ3v) is 5.23. The van der Waals surface area contributed by atoms with E-state index in [9.17, 15) is 9.90 Å². The molecule has 3 rings (SSSR count). The van der Waals surface area contributed by atoms with Gasteiger partial charge in [-0.05, 0) is 29.3 Å². The van der Waals surface area contributed by atoms with Crippen LogP contribution in [0.5, 0.6) is 0 Å². The Hall–Kier alpha value is -1.63. The third-order valence-electron chi connectivity index (χ3n) is 3.06. The third kappa shape index (κ3) is 2.74. The molecule has 0 atom stereocenters. The van der Waals surface area contributed by atoms with Gasteiger partial charge in [-0.2, -0.15) is 0 Å². The van der Waals surface area contributed by atoms with Crippen molar-refractivity contribution < 1.29 is 9.90 Å². The van der Waals surface area contributed by atoms with Crippen LogP contribution in [0.15, 0.2) is 29.0 Å². The molecule has 0 bridgehead atoms. The average molecular weight is 339 g/mol. The van der Waals surface area contributed by atoms with Crippen LogP contribution in [0, 0.1) is 6.92 Å². The van der Waals surface area contributed by atoms with Gasteiger partial charge in [0.25, 0.3) is 0 Å². The molecule has 0 spiro atoms. The van der Waals surface area contributed by atoms with Gasteiger partial charge in [0, 0.05) is 10.9 Å². The van der Waals surface area contributed by atoms with E-state index in [-0.39, 0.29) is 0 Å². The first-order valence-corrected chi connectivity index (χ1v) is 8.27. The zero-order valence-corrected chi connectivity index (χ0v) is 13.4. The molecule has 3 aromatic rings. The summed E-state index contributed by atoms with van der Waals surface area (Å²) in [5.74, 6) is 0. The molecule has 4 nitrogen and oxygen atoms in total. The van der Waals surface area contributed by atoms with E-state index in [1.807, 2.05) is 29.8 Å². The van der Waals surface area contributed by atoms with Crippen molar-refractivity contribution in [3.8, 4) is 0 Å². The summed E-state index contributed by atoms with van der Waals surface area (Å²) in [4.78, 5) is 18.2. The summed E-state index contributed by atoms with van der Waals surface area (Å²) < 4.78 is 0.843. The van der Waals surface area contributed by atoms with Gasteiger partial charge in [-0.25, -0.2) is 9.78 Å². The van der Waals surface area contributed by atoms with Crippen LogP contribution in [0.2, 0.25) is 5.15 Å². The Labute approximate surface area is 134 Å². The summed E-state index contributed by atoms with van der Waals surface area (Å²) in [7, 11) is 0. The first kappa shape index (κ1) is 14.3. The maximum absolute atomic E-state index is 11.7. The Morgan fingerprint density at radius 2 is 2.29 bits per heavy atom. The molecule has 3 heterocycles. The molecular formula is C14H11ClN2O2S2. The molecule has 21 heavy (non-hydrogen) atoms. The number of nitrogens with zero attached hydrogens (tertiary/aromatic N) is 2. The highest BCUT2D eigenvalue weighted by atomic mass is 35.5. The number of hydrogen-bond donors (Lipinski definition) is 1. The standard InChI is InChI=1S/C14H11ClN2O2S2/c1-8-7-21-13-10(5-11(15)16-12(8)13)17(14(18)19)6-9-3-2-4-20-9/h2-5,7H,6H2,1H3,(H,18,19). The van der Waals surface area contributed by atoms with Crippen LogP contribution < -0.4 is 4.90 Å². The maximum atomic E-state index is 11.7. The second kappa shape index (κ2) is 5.63. The number of halogens is 1. The monoisotopic (exact) mass is 338 g/mol. The van der Waals surface area contributed by atoms with Crippen LogP contribution in [-0.2, 0) is 6.54 Å². The number of rotatable bonds is 3. The first-order chi connectivity index (χ1) is 10.1. The minimum absolute atomic E-state index is 0.302. The molecule has 3 aromatic heterocycles. The summed E-state index contributed by atoms with van der Waals surface area (Å²) >= 11 is 9.07. The number of fused-ring (bicyclic) bond motifs is 1. The quantitative estimate of drug-likeness (QED) is 0.683. The van der Waals surface area contributed by atoms with Gasteiger partial charge in [0.05, 0.1) is 22.4 Å². The number of aromatic nitrogens is 1. The van der Waals surface area contributed by atoms with Gasteiger partial charge in [-0.15, -0.1) is 22.7 Å². The number of pyridine rings is 1. The van der Waals surface area contributed by atoms with Gasteiger partial charge in [-0.1, -0.05) is 17.7 Å². The number of anilines is 1. The number of aryl methyl sites for hydroxylation is 1.